The van der Waals surface area contributed by atoms with Crippen LogP contribution in [-0.2, 0) is 0 Å². The summed E-state index contributed by atoms with van der Waals surface area (Å²) < 4.78 is 3.61. The number of hydrogen-bond acceptors (Lipinski definition) is 1. The van der Waals surface area contributed by atoms with E-state index in [1.165, 1.54) is 0 Å². The number of nitrogens with zero attached hydrogens (tertiary/aromatic N) is 2. The van der Waals surface area contributed by atoms with Crippen molar-refractivity contribution in [2.45, 2.75) is 13.8 Å². The lowest BCUT2D eigenvalue weighted by Crippen LogP contribution is -2.37. The lowest BCUT2D eigenvalue weighted by molar-refractivity contribution is -0.571. The summed E-state index contributed by atoms with van der Waals surface area (Å²) in [5, 5.41) is 10.0. The Morgan fingerprint density at radius 3 is 2.04 bits per heavy atom. The average Bonchev–Trinajstić information content (AvgIpc) is 2.99. The van der Waals surface area contributed by atoms with Crippen molar-refractivity contribution in [1.82, 2.24) is 4.57 Å². The van der Waals surface area contributed by atoms with Crippen molar-refractivity contribution in [3.8, 4) is 11.4 Å². The fourth-order valence-electron chi connectivity index (χ4n) is 3.27. The molecule has 4 rings (SSSR count). The second kappa shape index (κ2) is 6.15. The van der Waals surface area contributed by atoms with Crippen molar-refractivity contribution < 1.29 is 14.5 Å². The van der Waals surface area contributed by atoms with Gasteiger partial charge in [0, 0.05) is 0 Å². The van der Waals surface area contributed by atoms with Crippen molar-refractivity contribution in [3.05, 3.63) is 89.7 Å². The highest BCUT2D eigenvalue weighted by Gasteiger charge is 2.32. The second-order valence-electron chi connectivity index (χ2n) is 6.46. The summed E-state index contributed by atoms with van der Waals surface area (Å²) >= 11 is 0. The number of hydrogen-bond donors (Lipinski definition) is 1. The maximum Gasteiger partial charge on any atom is 0.420 e. The summed E-state index contributed by atoms with van der Waals surface area (Å²) in [6.45, 7) is 4.03. The number of carboxylic acid groups (broad SMARTS) is 1. The summed E-state index contributed by atoms with van der Waals surface area (Å²) in [7, 11) is 0. The first kappa shape index (κ1) is 16.1. The lowest BCUT2D eigenvalue weighted by Gasteiger charge is -2.03. The maximum atomic E-state index is 12.3. The monoisotopic (exact) mass is 343 g/mol. The van der Waals surface area contributed by atoms with Gasteiger partial charge >= 0.3 is 11.8 Å². The highest BCUT2D eigenvalue weighted by Crippen LogP contribution is 2.23. The van der Waals surface area contributed by atoms with E-state index in [1.54, 1.807) is 9.13 Å². The quantitative estimate of drug-likeness (QED) is 0.566. The number of aromatic nitrogens is 2. The Kier molecular flexibility index (Phi) is 3.81. The molecule has 0 saturated heterocycles. The first-order chi connectivity index (χ1) is 12.6. The van der Waals surface area contributed by atoms with Crippen LogP contribution in [0.1, 0.15) is 21.7 Å². The fraction of sp³-hybridized carbons (Fsp3) is 0.0909. The Labute approximate surface area is 151 Å². The lowest BCUT2D eigenvalue weighted by atomic mass is 10.2. The first-order valence-corrected chi connectivity index (χ1v) is 8.49. The van der Waals surface area contributed by atoms with Crippen LogP contribution in [0.3, 0.4) is 0 Å². The normalized spacial score (nSPS) is 11.0. The van der Waals surface area contributed by atoms with Crippen molar-refractivity contribution in [1.29, 1.82) is 0 Å². The molecule has 0 unspecified atom stereocenters. The second-order valence-corrected chi connectivity index (χ2v) is 6.46. The molecule has 4 aromatic rings. The number of imidazole rings is 1. The molecule has 0 atom stereocenters. The third kappa shape index (κ3) is 2.56. The van der Waals surface area contributed by atoms with Crippen molar-refractivity contribution in [2.75, 3.05) is 0 Å². The van der Waals surface area contributed by atoms with Gasteiger partial charge in [-0.3, -0.25) is 0 Å². The molecule has 4 heteroatoms. The van der Waals surface area contributed by atoms with Gasteiger partial charge in [0.1, 0.15) is 11.4 Å². The number of aryl methyl sites for hydroxylation is 2. The Morgan fingerprint density at radius 2 is 1.42 bits per heavy atom. The summed E-state index contributed by atoms with van der Waals surface area (Å²) in [6, 6.07) is 23.5. The van der Waals surface area contributed by atoms with E-state index in [4.69, 9.17) is 0 Å². The molecule has 1 heterocycles. The first-order valence-electron chi connectivity index (χ1n) is 8.49. The number of rotatable bonds is 3. The van der Waals surface area contributed by atoms with E-state index >= 15 is 0 Å². The number of aromatic carboxylic acids is 1. The van der Waals surface area contributed by atoms with E-state index in [-0.39, 0.29) is 5.82 Å². The number of para-hydroxylation sites is 2. The van der Waals surface area contributed by atoms with Crippen LogP contribution in [-0.4, -0.2) is 15.6 Å². The SMILES string of the molecule is Cc1ccc(-n2c(C(=O)O)[n+](-c3ccc(C)cc3)c3ccccc32)cc1. The number of fused-ring (bicyclic) bond motifs is 1. The summed E-state index contributed by atoms with van der Waals surface area (Å²) in [4.78, 5) is 12.3. The molecule has 0 aliphatic heterocycles. The molecule has 0 bridgehead atoms. The van der Waals surface area contributed by atoms with Gasteiger partial charge in [0.05, 0.1) is 0 Å². The van der Waals surface area contributed by atoms with Crippen LogP contribution in [0.25, 0.3) is 22.4 Å². The van der Waals surface area contributed by atoms with E-state index in [1.807, 2.05) is 86.6 Å². The molecule has 26 heavy (non-hydrogen) atoms. The predicted molar refractivity (Wildman–Crippen MR) is 101 cm³/mol. The summed E-state index contributed by atoms with van der Waals surface area (Å²) in [5.41, 5.74) is 5.63. The largest absolute Gasteiger partial charge is 0.472 e. The molecule has 0 amide bonds. The van der Waals surface area contributed by atoms with E-state index in [2.05, 4.69) is 0 Å². The van der Waals surface area contributed by atoms with Crippen molar-refractivity contribution in [3.63, 3.8) is 0 Å². The fourth-order valence-corrected chi connectivity index (χ4v) is 3.27. The molecule has 0 fully saturated rings. The van der Waals surface area contributed by atoms with Crippen LogP contribution < -0.4 is 4.57 Å². The Hall–Kier alpha value is -3.40. The van der Waals surface area contributed by atoms with Crippen LogP contribution in [0.4, 0.5) is 0 Å². The van der Waals surface area contributed by atoms with Crippen LogP contribution in [0.15, 0.2) is 72.8 Å². The van der Waals surface area contributed by atoms with Gasteiger partial charge in [-0.1, -0.05) is 47.5 Å². The highest BCUT2D eigenvalue weighted by molar-refractivity contribution is 5.88. The van der Waals surface area contributed by atoms with Gasteiger partial charge < -0.3 is 5.11 Å². The molecule has 3 aromatic carbocycles. The minimum Gasteiger partial charge on any atom is -0.472 e. The van der Waals surface area contributed by atoms with Crippen LogP contribution in [0.2, 0.25) is 0 Å². The molecule has 0 spiro atoms. The molecule has 0 radical (unpaired) electrons. The van der Waals surface area contributed by atoms with Crippen molar-refractivity contribution >= 4 is 17.0 Å². The Balaban J connectivity index is 2.12. The zero-order chi connectivity index (χ0) is 18.3. The molecular weight excluding hydrogens is 324 g/mol. The predicted octanol–water partition coefficient (Wildman–Crippen LogP) is 4.22. The van der Waals surface area contributed by atoms with E-state index in [0.717, 1.165) is 33.5 Å². The minimum absolute atomic E-state index is 0.207. The summed E-state index contributed by atoms with van der Waals surface area (Å²) in [5.74, 6) is -0.763. The highest BCUT2D eigenvalue weighted by atomic mass is 16.4. The summed E-state index contributed by atoms with van der Waals surface area (Å²) in [6.07, 6.45) is 0. The smallest absolute Gasteiger partial charge is 0.420 e. The molecule has 0 saturated carbocycles. The van der Waals surface area contributed by atoms with E-state index in [9.17, 15) is 9.90 Å². The molecule has 0 aliphatic carbocycles. The van der Waals surface area contributed by atoms with Crippen LogP contribution in [0, 0.1) is 13.8 Å². The standard InChI is InChI=1S/C22H18N2O2/c1-15-7-11-17(12-8-15)23-19-5-3-4-6-20(19)24(21(23)22(25)26)18-13-9-16(2)10-14-18/h3-14H,1-2H3/p+1. The number of carboxylic acids is 1. The Bertz CT molecular complexity index is 1030. The van der Waals surface area contributed by atoms with Gasteiger partial charge in [-0.05, 0) is 50.2 Å². The van der Waals surface area contributed by atoms with E-state index in [0.29, 0.717) is 0 Å². The molecule has 1 N–H and O–H groups in total. The van der Waals surface area contributed by atoms with Crippen LogP contribution in [0.5, 0.6) is 0 Å². The Morgan fingerprint density at radius 1 is 0.846 bits per heavy atom. The topological polar surface area (TPSA) is 46.1 Å². The van der Waals surface area contributed by atoms with Crippen LogP contribution >= 0.6 is 0 Å². The molecule has 0 aliphatic rings. The van der Waals surface area contributed by atoms with Gasteiger partial charge in [0.25, 0.3) is 0 Å². The third-order valence-corrected chi connectivity index (χ3v) is 4.56. The van der Waals surface area contributed by atoms with Gasteiger partial charge in [-0.15, -0.1) is 0 Å². The average molecular weight is 343 g/mol. The maximum absolute atomic E-state index is 12.3. The zero-order valence-electron chi connectivity index (χ0n) is 14.7. The molecule has 128 valence electrons. The number of benzene rings is 3. The molecule has 1 aromatic heterocycles. The van der Waals surface area contributed by atoms with Crippen molar-refractivity contribution in [2.24, 2.45) is 0 Å². The van der Waals surface area contributed by atoms with Gasteiger partial charge in [0.15, 0.2) is 11.0 Å². The van der Waals surface area contributed by atoms with Gasteiger partial charge in [0.2, 0.25) is 0 Å². The number of carbonyl (C=O) groups is 1. The molecule has 4 nitrogen and oxygen atoms in total. The molecular formula is C22H19N2O2+. The van der Waals surface area contributed by atoms with Gasteiger partial charge in [-0.2, -0.15) is 9.13 Å². The zero-order valence-corrected chi connectivity index (χ0v) is 14.7. The van der Waals surface area contributed by atoms with E-state index < -0.39 is 5.97 Å². The third-order valence-electron chi connectivity index (χ3n) is 4.56. The van der Waals surface area contributed by atoms with Gasteiger partial charge in [-0.25, -0.2) is 4.79 Å². The minimum atomic E-state index is -0.970.